The lowest BCUT2D eigenvalue weighted by atomic mass is 9.81. The lowest BCUT2D eigenvalue weighted by molar-refractivity contribution is 0.0526. The second kappa shape index (κ2) is 9.22. The van der Waals surface area contributed by atoms with Crippen molar-refractivity contribution in [1.82, 2.24) is 4.98 Å². The molecule has 3 nitrogen and oxygen atoms in total. The summed E-state index contributed by atoms with van der Waals surface area (Å²) in [7, 11) is 0. The van der Waals surface area contributed by atoms with E-state index in [1.165, 1.54) is 28.8 Å². The highest BCUT2D eigenvalue weighted by molar-refractivity contribution is 7.99. The fourth-order valence-corrected chi connectivity index (χ4v) is 4.29. The third-order valence-corrected chi connectivity index (χ3v) is 5.66. The van der Waals surface area contributed by atoms with E-state index in [0.29, 0.717) is 17.6 Å². The molecule has 1 aliphatic heterocycles. The van der Waals surface area contributed by atoms with Crippen LogP contribution in [0.25, 0.3) is 0 Å². The summed E-state index contributed by atoms with van der Waals surface area (Å²) in [6.45, 7) is 11.0. The number of hydrogen-bond acceptors (Lipinski definition) is 4. The largest absolute Gasteiger partial charge is 0.462 e. The molecule has 3 rings (SSSR count). The van der Waals surface area contributed by atoms with E-state index in [1.807, 2.05) is 18.7 Å². The van der Waals surface area contributed by atoms with Gasteiger partial charge in [0.2, 0.25) is 0 Å². The molecule has 0 aliphatic carbocycles. The number of esters is 1. The van der Waals surface area contributed by atoms with Gasteiger partial charge in [-0.3, -0.25) is 4.98 Å². The van der Waals surface area contributed by atoms with Crippen LogP contribution in [0.1, 0.15) is 61.3 Å². The molecule has 0 amide bonds. The van der Waals surface area contributed by atoms with E-state index < -0.39 is 0 Å². The first-order valence-electron chi connectivity index (χ1n) is 9.23. The zero-order valence-electron chi connectivity index (χ0n) is 16.5. The van der Waals surface area contributed by atoms with Gasteiger partial charge < -0.3 is 4.74 Å². The van der Waals surface area contributed by atoms with E-state index in [4.69, 9.17) is 4.74 Å². The zero-order chi connectivity index (χ0) is 19.2. The topological polar surface area (TPSA) is 39.2 Å². The molecule has 0 atom stereocenters. The van der Waals surface area contributed by atoms with Crippen molar-refractivity contribution in [2.24, 2.45) is 0 Å². The molecule has 1 aromatic heterocycles. The summed E-state index contributed by atoms with van der Waals surface area (Å²) in [5, 5.41) is 0. The second-order valence-electron chi connectivity index (χ2n) is 7.08. The van der Waals surface area contributed by atoms with Crippen LogP contribution in [0.2, 0.25) is 0 Å². The van der Waals surface area contributed by atoms with Gasteiger partial charge in [0.1, 0.15) is 0 Å². The van der Waals surface area contributed by atoms with Crippen LogP contribution in [0.15, 0.2) is 41.4 Å². The number of fused-ring (bicyclic) bond motifs is 1. The van der Waals surface area contributed by atoms with Crippen LogP contribution < -0.4 is 0 Å². The molecular formula is C22H29NO2S. The number of aryl methyl sites for hydroxylation is 2. The van der Waals surface area contributed by atoms with Crippen LogP contribution in [-0.4, -0.2) is 23.3 Å². The van der Waals surface area contributed by atoms with Crippen molar-refractivity contribution >= 4 is 17.7 Å². The highest BCUT2D eigenvalue weighted by atomic mass is 32.2. The maximum Gasteiger partial charge on any atom is 0.339 e. The third kappa shape index (κ3) is 5.34. The van der Waals surface area contributed by atoms with E-state index in [0.717, 1.165) is 12.1 Å². The lowest BCUT2D eigenvalue weighted by Gasteiger charge is -2.32. The minimum atomic E-state index is -0.315. The van der Waals surface area contributed by atoms with Gasteiger partial charge in [0.15, 0.2) is 0 Å². The Morgan fingerprint density at radius 2 is 2.00 bits per heavy atom. The lowest BCUT2D eigenvalue weighted by Crippen LogP contribution is -2.22. The number of hydrogen-bond donors (Lipinski definition) is 0. The Morgan fingerprint density at radius 1 is 1.23 bits per heavy atom. The van der Waals surface area contributed by atoms with Gasteiger partial charge in [-0.1, -0.05) is 32.9 Å². The Kier molecular flexibility index (Phi) is 7.27. The van der Waals surface area contributed by atoms with Crippen molar-refractivity contribution in [1.29, 1.82) is 0 Å². The van der Waals surface area contributed by atoms with Crippen molar-refractivity contribution in [3.63, 3.8) is 0 Å². The number of carbonyl (C=O) groups excluding carboxylic acids is 1. The summed E-state index contributed by atoms with van der Waals surface area (Å²) in [5.74, 6) is 0.955. The number of nitrogens with zero attached hydrogens (tertiary/aromatic N) is 1. The Labute approximate surface area is 161 Å². The van der Waals surface area contributed by atoms with Crippen molar-refractivity contribution in [3.8, 4) is 0 Å². The molecule has 1 aliphatic rings. The van der Waals surface area contributed by atoms with Crippen molar-refractivity contribution < 1.29 is 9.53 Å². The minimum Gasteiger partial charge on any atom is -0.462 e. The van der Waals surface area contributed by atoms with Crippen molar-refractivity contribution in [3.05, 3.63) is 58.9 Å². The highest BCUT2D eigenvalue weighted by Crippen LogP contribution is 2.41. The van der Waals surface area contributed by atoms with Gasteiger partial charge in [-0.25, -0.2) is 4.79 Å². The maximum atomic E-state index is 11.1. The molecule has 0 spiro atoms. The van der Waals surface area contributed by atoms with Crippen LogP contribution in [0.4, 0.5) is 0 Å². The van der Waals surface area contributed by atoms with E-state index in [1.54, 1.807) is 24.6 Å². The molecule has 0 fully saturated rings. The number of carbonyl (C=O) groups is 1. The van der Waals surface area contributed by atoms with Crippen LogP contribution in [0.5, 0.6) is 0 Å². The summed E-state index contributed by atoms with van der Waals surface area (Å²) in [5.41, 5.74) is 4.81. The van der Waals surface area contributed by atoms with Gasteiger partial charge in [-0.2, -0.15) is 0 Å². The Hall–Kier alpha value is -1.81. The molecule has 0 unspecified atom stereocenters. The minimum absolute atomic E-state index is 0.315. The first-order valence-corrected chi connectivity index (χ1v) is 10.2. The molecule has 2 heterocycles. The SMILES string of the molecule is CCOC(=O)c1ccc(C)nc1.CCc1ccc2c(c1)C(C)(C)CCS2. The first kappa shape index (κ1) is 20.5. The average Bonchev–Trinajstić information content (AvgIpc) is 2.63. The molecule has 0 saturated carbocycles. The van der Waals surface area contributed by atoms with Crippen LogP contribution in [-0.2, 0) is 16.6 Å². The predicted octanol–water partition coefficient (Wildman–Crippen LogP) is 5.59. The monoisotopic (exact) mass is 371 g/mol. The van der Waals surface area contributed by atoms with Crippen LogP contribution in [0.3, 0.4) is 0 Å². The number of benzene rings is 1. The van der Waals surface area contributed by atoms with Crippen molar-refractivity contribution in [2.45, 2.75) is 57.8 Å². The number of aromatic nitrogens is 1. The Balaban J connectivity index is 0.000000190. The number of rotatable bonds is 3. The van der Waals surface area contributed by atoms with E-state index in [2.05, 4.69) is 44.0 Å². The molecule has 140 valence electrons. The quantitative estimate of drug-likeness (QED) is 0.659. The Bertz CT molecular complexity index is 738. The summed E-state index contributed by atoms with van der Waals surface area (Å²) in [6, 6.07) is 10.5. The summed E-state index contributed by atoms with van der Waals surface area (Å²) in [4.78, 5) is 16.6. The van der Waals surface area contributed by atoms with Gasteiger partial charge in [0, 0.05) is 16.8 Å². The van der Waals surface area contributed by atoms with E-state index >= 15 is 0 Å². The normalized spacial score (nSPS) is 14.7. The summed E-state index contributed by atoms with van der Waals surface area (Å²) >= 11 is 2.01. The highest BCUT2D eigenvalue weighted by Gasteiger charge is 2.27. The number of pyridine rings is 1. The molecular weight excluding hydrogens is 342 g/mol. The molecule has 1 aromatic carbocycles. The van der Waals surface area contributed by atoms with Crippen LogP contribution in [0, 0.1) is 6.92 Å². The fraction of sp³-hybridized carbons (Fsp3) is 0.455. The average molecular weight is 372 g/mol. The zero-order valence-corrected chi connectivity index (χ0v) is 17.3. The molecule has 26 heavy (non-hydrogen) atoms. The molecule has 0 N–H and O–H groups in total. The fourth-order valence-electron chi connectivity index (χ4n) is 2.81. The molecule has 2 aromatic rings. The van der Waals surface area contributed by atoms with Gasteiger partial charge in [0.25, 0.3) is 0 Å². The second-order valence-corrected chi connectivity index (χ2v) is 8.21. The Morgan fingerprint density at radius 3 is 2.62 bits per heavy atom. The van der Waals surface area contributed by atoms with Crippen LogP contribution >= 0.6 is 11.8 Å². The standard InChI is InChI=1S/C13H18S.C9H11NO2/c1-4-10-5-6-12-11(9-10)13(2,3)7-8-14-12;1-3-12-9(11)8-5-4-7(2)10-6-8/h5-6,9H,4,7-8H2,1-3H3;4-6H,3H2,1-2H3. The molecule has 0 bridgehead atoms. The first-order chi connectivity index (χ1) is 12.4. The molecule has 0 radical (unpaired) electrons. The maximum absolute atomic E-state index is 11.1. The number of ether oxygens (including phenoxy) is 1. The predicted molar refractivity (Wildman–Crippen MR) is 109 cm³/mol. The summed E-state index contributed by atoms with van der Waals surface area (Å²) in [6.07, 6.45) is 3.97. The van der Waals surface area contributed by atoms with E-state index in [9.17, 15) is 4.79 Å². The number of thioether (sulfide) groups is 1. The van der Waals surface area contributed by atoms with Crippen molar-refractivity contribution in [2.75, 3.05) is 12.4 Å². The smallest absolute Gasteiger partial charge is 0.339 e. The molecule has 0 saturated heterocycles. The van der Waals surface area contributed by atoms with Gasteiger partial charge in [-0.15, -0.1) is 11.8 Å². The summed E-state index contributed by atoms with van der Waals surface area (Å²) < 4.78 is 4.79. The molecule has 4 heteroatoms. The third-order valence-electron chi connectivity index (χ3n) is 4.59. The van der Waals surface area contributed by atoms with Gasteiger partial charge in [0.05, 0.1) is 12.2 Å². The van der Waals surface area contributed by atoms with Gasteiger partial charge >= 0.3 is 5.97 Å². The van der Waals surface area contributed by atoms with Gasteiger partial charge in [-0.05, 0) is 67.2 Å². The van der Waals surface area contributed by atoms with E-state index in [-0.39, 0.29) is 5.97 Å².